The zero-order valence-corrected chi connectivity index (χ0v) is 14.1. The number of rotatable bonds is 5. The molecule has 2 atom stereocenters. The van der Waals surface area contributed by atoms with Crippen LogP contribution in [0.15, 0.2) is 18.2 Å². The van der Waals surface area contributed by atoms with Gasteiger partial charge < -0.3 is 15.2 Å². The third-order valence-electron chi connectivity index (χ3n) is 3.80. The van der Waals surface area contributed by atoms with E-state index < -0.39 is 24.2 Å². The number of hydrogen-bond acceptors (Lipinski definition) is 7. The molecule has 138 valence electrons. The number of hydrogen-bond donors (Lipinski definition) is 2. The van der Waals surface area contributed by atoms with Crippen molar-refractivity contribution in [3.8, 4) is 11.4 Å². The normalized spacial score (nSPS) is 17.9. The van der Waals surface area contributed by atoms with Crippen LogP contribution < -0.4 is 10.2 Å². The number of tetrazole rings is 1. The second-order valence-electron chi connectivity index (χ2n) is 5.80. The molecule has 10 nitrogen and oxygen atoms in total. The van der Waals surface area contributed by atoms with E-state index in [9.17, 15) is 19.1 Å². The molecule has 2 aromatic rings. The van der Waals surface area contributed by atoms with E-state index in [1.807, 2.05) is 0 Å². The molecular formula is C15H17FN6O4. The Morgan fingerprint density at radius 2 is 2.31 bits per heavy atom. The third kappa shape index (κ3) is 3.47. The lowest BCUT2D eigenvalue weighted by Gasteiger charge is -2.14. The molecule has 0 aliphatic carbocycles. The number of ether oxygens (including phenoxy) is 1. The highest BCUT2D eigenvalue weighted by molar-refractivity contribution is 5.90. The number of benzene rings is 1. The van der Waals surface area contributed by atoms with Crippen molar-refractivity contribution in [1.29, 1.82) is 0 Å². The molecule has 26 heavy (non-hydrogen) atoms. The molecule has 2 heterocycles. The Balaban J connectivity index is 1.80. The quantitative estimate of drug-likeness (QED) is 0.790. The van der Waals surface area contributed by atoms with Crippen molar-refractivity contribution in [1.82, 2.24) is 25.5 Å². The molecule has 2 N–H and O–H groups in total. The predicted octanol–water partition coefficient (Wildman–Crippen LogP) is 0.451. The summed E-state index contributed by atoms with van der Waals surface area (Å²) in [6.07, 6.45) is -2.17. The highest BCUT2D eigenvalue weighted by atomic mass is 19.1. The van der Waals surface area contributed by atoms with Crippen molar-refractivity contribution in [3.63, 3.8) is 0 Å². The Kier molecular flexibility index (Phi) is 4.80. The van der Waals surface area contributed by atoms with E-state index in [1.54, 1.807) is 0 Å². The SMILES string of the molecule is CC(=O)NC[C@H]1CN(c2ccc(-c3nnnn3C(C)O)c(F)c2)C(=O)O1. The first kappa shape index (κ1) is 17.7. The van der Waals surface area contributed by atoms with E-state index in [-0.39, 0.29) is 30.4 Å². The van der Waals surface area contributed by atoms with Gasteiger partial charge in [0, 0.05) is 6.92 Å². The molecule has 1 aromatic heterocycles. The summed E-state index contributed by atoms with van der Waals surface area (Å²) in [6.45, 7) is 3.18. The number of aliphatic hydroxyl groups excluding tert-OH is 1. The zero-order valence-electron chi connectivity index (χ0n) is 14.1. The molecule has 1 fully saturated rings. The highest BCUT2D eigenvalue weighted by Crippen LogP contribution is 2.28. The molecule has 0 spiro atoms. The van der Waals surface area contributed by atoms with Crippen molar-refractivity contribution < 1.29 is 23.8 Å². The third-order valence-corrected chi connectivity index (χ3v) is 3.80. The van der Waals surface area contributed by atoms with Crippen molar-refractivity contribution in [2.24, 2.45) is 0 Å². The van der Waals surface area contributed by atoms with Crippen molar-refractivity contribution >= 4 is 17.7 Å². The van der Waals surface area contributed by atoms with Crippen molar-refractivity contribution in [3.05, 3.63) is 24.0 Å². The summed E-state index contributed by atoms with van der Waals surface area (Å²) in [4.78, 5) is 24.2. The number of nitrogens with zero attached hydrogens (tertiary/aromatic N) is 5. The number of carbonyl (C=O) groups excluding carboxylic acids is 2. The van der Waals surface area contributed by atoms with Gasteiger partial charge >= 0.3 is 6.09 Å². The average Bonchev–Trinajstić information content (AvgIpc) is 3.19. The molecule has 0 saturated carbocycles. The fourth-order valence-electron chi connectivity index (χ4n) is 2.57. The van der Waals surface area contributed by atoms with Gasteiger partial charge in [0.05, 0.1) is 24.3 Å². The molecule has 0 radical (unpaired) electrons. The second-order valence-corrected chi connectivity index (χ2v) is 5.80. The van der Waals surface area contributed by atoms with Crippen LogP contribution in [0.25, 0.3) is 11.4 Å². The topological polar surface area (TPSA) is 122 Å². The maximum absolute atomic E-state index is 14.6. The summed E-state index contributed by atoms with van der Waals surface area (Å²) in [7, 11) is 0. The standard InChI is InChI=1S/C15H17FN6O4/c1-8(23)17-6-11-7-21(15(25)26-11)10-3-4-12(13(16)5-10)14-18-19-20-22(14)9(2)24/h3-5,9,11,24H,6-7H2,1-2H3,(H,17,23)/t9?,11-/m0/s1. The highest BCUT2D eigenvalue weighted by Gasteiger charge is 2.33. The number of carbonyl (C=O) groups is 2. The van der Waals surface area contributed by atoms with Crippen LogP contribution in [0.1, 0.15) is 20.1 Å². The van der Waals surface area contributed by atoms with Gasteiger partial charge in [-0.1, -0.05) is 0 Å². The Morgan fingerprint density at radius 3 is 2.96 bits per heavy atom. The molecule has 2 amide bonds. The first-order chi connectivity index (χ1) is 12.4. The van der Waals surface area contributed by atoms with Crippen LogP contribution in [0.2, 0.25) is 0 Å². The number of aromatic nitrogens is 4. The van der Waals surface area contributed by atoms with Crippen LogP contribution >= 0.6 is 0 Å². The Bertz CT molecular complexity index is 839. The van der Waals surface area contributed by atoms with E-state index in [0.717, 1.165) is 4.68 Å². The van der Waals surface area contributed by atoms with E-state index in [1.165, 1.54) is 36.9 Å². The minimum atomic E-state index is -1.03. The number of cyclic esters (lactones) is 1. The molecule has 1 aliphatic rings. The lowest BCUT2D eigenvalue weighted by Crippen LogP contribution is -2.33. The second kappa shape index (κ2) is 7.04. The van der Waals surface area contributed by atoms with E-state index in [0.29, 0.717) is 5.69 Å². The van der Waals surface area contributed by atoms with Crippen LogP contribution in [0, 0.1) is 5.82 Å². The van der Waals surface area contributed by atoms with Crippen LogP contribution in [-0.2, 0) is 9.53 Å². The number of amides is 2. The summed E-state index contributed by atoms with van der Waals surface area (Å²) in [6, 6.07) is 4.11. The van der Waals surface area contributed by atoms with Gasteiger partial charge in [0.15, 0.2) is 5.82 Å². The summed E-state index contributed by atoms with van der Waals surface area (Å²) in [5, 5.41) is 23.0. The number of halogens is 1. The smallest absolute Gasteiger partial charge is 0.414 e. The van der Waals surface area contributed by atoms with Gasteiger partial charge in [0.25, 0.3) is 0 Å². The number of aliphatic hydroxyl groups is 1. The van der Waals surface area contributed by atoms with Crippen LogP contribution in [0.4, 0.5) is 14.9 Å². The first-order valence-corrected chi connectivity index (χ1v) is 7.85. The monoisotopic (exact) mass is 364 g/mol. The summed E-state index contributed by atoms with van der Waals surface area (Å²) >= 11 is 0. The maximum atomic E-state index is 14.6. The largest absolute Gasteiger partial charge is 0.442 e. The maximum Gasteiger partial charge on any atom is 0.414 e. The average molecular weight is 364 g/mol. The van der Waals surface area contributed by atoms with Gasteiger partial charge in [0.1, 0.15) is 18.1 Å². The molecule has 1 unspecified atom stereocenters. The van der Waals surface area contributed by atoms with Gasteiger partial charge in [0.2, 0.25) is 5.91 Å². The Morgan fingerprint density at radius 1 is 1.54 bits per heavy atom. The van der Waals surface area contributed by atoms with Crippen LogP contribution in [-0.4, -0.2) is 56.5 Å². The predicted molar refractivity (Wildman–Crippen MR) is 86.4 cm³/mol. The van der Waals surface area contributed by atoms with Crippen LogP contribution in [0.3, 0.4) is 0 Å². The van der Waals surface area contributed by atoms with E-state index >= 15 is 0 Å². The van der Waals surface area contributed by atoms with Gasteiger partial charge in [-0.15, -0.1) is 5.10 Å². The summed E-state index contributed by atoms with van der Waals surface area (Å²) in [5.74, 6) is -0.820. The van der Waals surface area contributed by atoms with Crippen molar-refractivity contribution in [2.75, 3.05) is 18.0 Å². The molecule has 3 rings (SSSR count). The van der Waals surface area contributed by atoms with Gasteiger partial charge in [-0.2, -0.15) is 4.68 Å². The lowest BCUT2D eigenvalue weighted by molar-refractivity contribution is -0.119. The molecule has 0 bridgehead atoms. The molecule has 11 heteroatoms. The number of nitrogens with one attached hydrogen (secondary N) is 1. The molecule has 1 aromatic carbocycles. The summed E-state index contributed by atoms with van der Waals surface area (Å²) < 4.78 is 20.8. The molecular weight excluding hydrogens is 347 g/mol. The minimum Gasteiger partial charge on any atom is -0.442 e. The van der Waals surface area contributed by atoms with Crippen molar-refractivity contribution in [2.45, 2.75) is 26.2 Å². The van der Waals surface area contributed by atoms with E-state index in [4.69, 9.17) is 4.74 Å². The fourth-order valence-corrected chi connectivity index (χ4v) is 2.57. The van der Waals surface area contributed by atoms with Gasteiger partial charge in [-0.25, -0.2) is 9.18 Å². The van der Waals surface area contributed by atoms with Gasteiger partial charge in [-0.3, -0.25) is 9.69 Å². The number of anilines is 1. The fraction of sp³-hybridized carbons (Fsp3) is 0.400. The first-order valence-electron chi connectivity index (χ1n) is 7.85. The van der Waals surface area contributed by atoms with Gasteiger partial charge in [-0.05, 0) is 35.5 Å². The minimum absolute atomic E-state index is 0.0663. The van der Waals surface area contributed by atoms with E-state index in [2.05, 4.69) is 20.8 Å². The molecule has 1 saturated heterocycles. The lowest BCUT2D eigenvalue weighted by atomic mass is 10.1. The zero-order chi connectivity index (χ0) is 18.8. The van der Waals surface area contributed by atoms with Crippen LogP contribution in [0.5, 0.6) is 0 Å². The molecule has 1 aliphatic heterocycles. The Hall–Kier alpha value is -3.08. The summed E-state index contributed by atoms with van der Waals surface area (Å²) in [5.41, 5.74) is 0.389. The Labute approximate surface area is 147 Å².